The molecule has 0 aromatic heterocycles. The molecule has 0 atom stereocenters. The average molecular weight is 289 g/mol. The lowest BCUT2D eigenvalue weighted by molar-refractivity contribution is 0.239. The highest BCUT2D eigenvalue weighted by Gasteiger charge is 2.44. The summed E-state index contributed by atoms with van der Waals surface area (Å²) in [6.07, 6.45) is 3.30. The molecule has 4 heteroatoms. The van der Waals surface area contributed by atoms with Crippen molar-refractivity contribution in [2.24, 2.45) is 0 Å². The van der Waals surface area contributed by atoms with Crippen LogP contribution in [0.25, 0.3) is 0 Å². The highest BCUT2D eigenvalue weighted by atomic mass is 16.2. The fraction of sp³-hybridized carbons (Fsp3) is 0.588. The lowest BCUT2D eigenvalue weighted by Gasteiger charge is -2.17. The summed E-state index contributed by atoms with van der Waals surface area (Å²) < 4.78 is 0. The van der Waals surface area contributed by atoms with E-state index in [2.05, 4.69) is 46.7 Å². The number of carbonyl (C=O) groups excluding carboxylic acids is 1. The number of rotatable bonds is 7. The Morgan fingerprint density at radius 2 is 1.86 bits per heavy atom. The summed E-state index contributed by atoms with van der Waals surface area (Å²) >= 11 is 0. The molecule has 1 aromatic carbocycles. The van der Waals surface area contributed by atoms with E-state index in [0.29, 0.717) is 0 Å². The SMILES string of the molecule is Cc1ccc(C2(CNC(=O)NCCCN(C)C)CC2)cc1. The second-order valence-electron chi connectivity index (χ2n) is 6.41. The molecule has 4 nitrogen and oxygen atoms in total. The molecule has 116 valence electrons. The minimum atomic E-state index is -0.0489. The van der Waals surface area contributed by atoms with Gasteiger partial charge in [-0.15, -0.1) is 0 Å². The van der Waals surface area contributed by atoms with Gasteiger partial charge in [-0.1, -0.05) is 29.8 Å². The topological polar surface area (TPSA) is 44.4 Å². The van der Waals surface area contributed by atoms with Gasteiger partial charge in [0, 0.05) is 18.5 Å². The first-order chi connectivity index (χ1) is 10.0. The third kappa shape index (κ3) is 4.74. The summed E-state index contributed by atoms with van der Waals surface area (Å²) in [6, 6.07) is 8.64. The molecule has 1 saturated carbocycles. The minimum absolute atomic E-state index is 0.0489. The molecular formula is C17H27N3O. The Bertz CT molecular complexity index is 463. The summed E-state index contributed by atoms with van der Waals surface area (Å²) in [7, 11) is 4.08. The smallest absolute Gasteiger partial charge is 0.314 e. The number of carbonyl (C=O) groups is 1. The molecule has 0 radical (unpaired) electrons. The molecular weight excluding hydrogens is 262 g/mol. The zero-order valence-electron chi connectivity index (χ0n) is 13.4. The highest BCUT2D eigenvalue weighted by molar-refractivity contribution is 5.74. The average Bonchev–Trinajstić information content (AvgIpc) is 3.23. The summed E-state index contributed by atoms with van der Waals surface area (Å²) in [5.74, 6) is 0. The van der Waals surface area contributed by atoms with Gasteiger partial charge in [0.15, 0.2) is 0 Å². The molecule has 2 rings (SSSR count). The van der Waals surface area contributed by atoms with E-state index >= 15 is 0 Å². The Morgan fingerprint density at radius 1 is 1.19 bits per heavy atom. The van der Waals surface area contributed by atoms with Crippen molar-refractivity contribution in [1.29, 1.82) is 0 Å². The zero-order valence-corrected chi connectivity index (χ0v) is 13.4. The van der Waals surface area contributed by atoms with Gasteiger partial charge in [-0.3, -0.25) is 0 Å². The molecule has 0 unspecified atom stereocenters. The first kappa shape index (κ1) is 15.8. The monoisotopic (exact) mass is 289 g/mol. The number of amides is 2. The lowest BCUT2D eigenvalue weighted by atomic mass is 9.95. The zero-order chi connectivity index (χ0) is 15.3. The van der Waals surface area contributed by atoms with Gasteiger partial charge < -0.3 is 15.5 Å². The molecule has 1 aromatic rings. The summed E-state index contributed by atoms with van der Waals surface area (Å²) in [4.78, 5) is 13.9. The number of aryl methyl sites for hydroxylation is 1. The van der Waals surface area contributed by atoms with Crippen molar-refractivity contribution in [3.63, 3.8) is 0 Å². The normalized spacial score (nSPS) is 15.8. The second-order valence-corrected chi connectivity index (χ2v) is 6.41. The maximum Gasteiger partial charge on any atom is 0.314 e. The van der Waals surface area contributed by atoms with Gasteiger partial charge in [-0.2, -0.15) is 0 Å². The van der Waals surface area contributed by atoms with Crippen LogP contribution in [0.5, 0.6) is 0 Å². The molecule has 2 N–H and O–H groups in total. The lowest BCUT2D eigenvalue weighted by Crippen LogP contribution is -2.40. The van der Waals surface area contributed by atoms with Crippen LogP contribution in [0.1, 0.15) is 30.4 Å². The van der Waals surface area contributed by atoms with E-state index in [-0.39, 0.29) is 11.4 Å². The van der Waals surface area contributed by atoms with Crippen LogP contribution in [0.2, 0.25) is 0 Å². The number of hydrogen-bond donors (Lipinski definition) is 2. The van der Waals surface area contributed by atoms with Crippen LogP contribution in [-0.2, 0) is 5.41 Å². The van der Waals surface area contributed by atoms with Crippen molar-refractivity contribution in [2.45, 2.75) is 31.6 Å². The van der Waals surface area contributed by atoms with E-state index in [9.17, 15) is 4.79 Å². The maximum absolute atomic E-state index is 11.8. The van der Waals surface area contributed by atoms with Crippen molar-refractivity contribution in [3.05, 3.63) is 35.4 Å². The summed E-state index contributed by atoms with van der Waals surface area (Å²) in [5, 5.41) is 5.95. The molecule has 2 amide bonds. The maximum atomic E-state index is 11.8. The van der Waals surface area contributed by atoms with Crippen LogP contribution < -0.4 is 10.6 Å². The summed E-state index contributed by atoms with van der Waals surface area (Å²) in [6.45, 7) is 4.55. The van der Waals surface area contributed by atoms with Crippen LogP contribution >= 0.6 is 0 Å². The number of nitrogens with zero attached hydrogens (tertiary/aromatic N) is 1. The third-order valence-corrected chi connectivity index (χ3v) is 4.17. The van der Waals surface area contributed by atoms with Gasteiger partial charge in [-0.05, 0) is 52.4 Å². The van der Waals surface area contributed by atoms with Crippen LogP contribution in [0.4, 0.5) is 4.79 Å². The molecule has 0 aliphatic heterocycles. The van der Waals surface area contributed by atoms with Gasteiger partial charge in [0.2, 0.25) is 0 Å². The Morgan fingerprint density at radius 3 is 2.43 bits per heavy atom. The number of urea groups is 1. The standard InChI is InChI=1S/C17H27N3O/c1-14-5-7-15(8-6-14)17(9-10-17)13-19-16(21)18-11-4-12-20(2)3/h5-8H,4,9-13H2,1-3H3,(H2,18,19,21). The molecule has 0 heterocycles. The van der Waals surface area contributed by atoms with Crippen molar-refractivity contribution >= 4 is 6.03 Å². The minimum Gasteiger partial charge on any atom is -0.338 e. The van der Waals surface area contributed by atoms with E-state index in [0.717, 1.165) is 38.9 Å². The Labute approximate surface area is 127 Å². The van der Waals surface area contributed by atoms with E-state index in [1.165, 1.54) is 11.1 Å². The van der Waals surface area contributed by atoms with Crippen molar-refractivity contribution < 1.29 is 4.79 Å². The fourth-order valence-corrected chi connectivity index (χ4v) is 2.53. The predicted molar refractivity (Wildman–Crippen MR) is 86.7 cm³/mol. The van der Waals surface area contributed by atoms with Crippen molar-refractivity contribution in [2.75, 3.05) is 33.7 Å². The van der Waals surface area contributed by atoms with Crippen molar-refractivity contribution in [3.8, 4) is 0 Å². The van der Waals surface area contributed by atoms with E-state index < -0.39 is 0 Å². The van der Waals surface area contributed by atoms with Gasteiger partial charge in [0.25, 0.3) is 0 Å². The number of hydrogen-bond acceptors (Lipinski definition) is 2. The Kier molecular flexibility index (Phi) is 5.23. The second kappa shape index (κ2) is 6.94. The largest absolute Gasteiger partial charge is 0.338 e. The molecule has 1 aliphatic rings. The highest BCUT2D eigenvalue weighted by Crippen LogP contribution is 2.47. The molecule has 21 heavy (non-hydrogen) atoms. The molecule has 1 aliphatic carbocycles. The number of nitrogens with one attached hydrogen (secondary N) is 2. The fourth-order valence-electron chi connectivity index (χ4n) is 2.53. The first-order valence-electron chi connectivity index (χ1n) is 7.75. The predicted octanol–water partition coefficient (Wildman–Crippen LogP) is 2.28. The molecule has 0 spiro atoms. The van der Waals surface area contributed by atoms with Crippen molar-refractivity contribution in [1.82, 2.24) is 15.5 Å². The van der Waals surface area contributed by atoms with Crippen LogP contribution in [-0.4, -0.2) is 44.7 Å². The van der Waals surface area contributed by atoms with E-state index in [1.54, 1.807) is 0 Å². The van der Waals surface area contributed by atoms with E-state index in [1.807, 2.05) is 14.1 Å². The van der Waals surface area contributed by atoms with Gasteiger partial charge in [-0.25, -0.2) is 4.79 Å². The van der Waals surface area contributed by atoms with Crippen LogP contribution in [0.3, 0.4) is 0 Å². The van der Waals surface area contributed by atoms with Gasteiger partial charge in [0.1, 0.15) is 0 Å². The Hall–Kier alpha value is -1.55. The Balaban J connectivity index is 1.72. The molecule has 1 fully saturated rings. The van der Waals surface area contributed by atoms with Gasteiger partial charge in [0.05, 0.1) is 0 Å². The quantitative estimate of drug-likeness (QED) is 0.756. The number of benzene rings is 1. The first-order valence-corrected chi connectivity index (χ1v) is 7.75. The molecule has 0 bridgehead atoms. The summed E-state index contributed by atoms with van der Waals surface area (Å²) in [5.41, 5.74) is 2.80. The van der Waals surface area contributed by atoms with Crippen LogP contribution in [0, 0.1) is 6.92 Å². The molecule has 0 saturated heterocycles. The van der Waals surface area contributed by atoms with Crippen LogP contribution in [0.15, 0.2) is 24.3 Å². The van der Waals surface area contributed by atoms with E-state index in [4.69, 9.17) is 0 Å². The van der Waals surface area contributed by atoms with Gasteiger partial charge >= 0.3 is 6.03 Å². The third-order valence-electron chi connectivity index (χ3n) is 4.17.